The molecule has 0 spiro atoms. The average molecular weight is 504 g/mol. The van der Waals surface area contributed by atoms with Crippen molar-refractivity contribution < 1.29 is 9.59 Å². The molecular weight excluding hydrogens is 472 g/mol. The van der Waals surface area contributed by atoms with Gasteiger partial charge in [0.05, 0.1) is 0 Å². The number of nitrogens with zero attached hydrogens (tertiary/aromatic N) is 1. The summed E-state index contributed by atoms with van der Waals surface area (Å²) < 4.78 is 0.999. The van der Waals surface area contributed by atoms with E-state index in [1.807, 2.05) is 49.4 Å². The van der Waals surface area contributed by atoms with Crippen LogP contribution in [-0.4, -0.2) is 34.6 Å². The minimum absolute atomic E-state index is 0.0255. The van der Waals surface area contributed by atoms with Gasteiger partial charge in [0.15, 0.2) is 0 Å². The Hall–Kier alpha value is -1.79. The molecule has 0 heterocycles. The molecule has 0 radical (unpaired) electrons. The average Bonchev–Trinajstić information content (AvgIpc) is 3.29. The van der Waals surface area contributed by atoms with Crippen LogP contribution in [0.25, 0.3) is 0 Å². The molecule has 1 atom stereocenters. The number of amides is 2. The van der Waals surface area contributed by atoms with E-state index in [1.165, 1.54) is 18.4 Å². The Labute approximate surface area is 198 Å². The molecule has 31 heavy (non-hydrogen) atoms. The summed E-state index contributed by atoms with van der Waals surface area (Å²) in [6.45, 7) is 2.28. The van der Waals surface area contributed by atoms with Crippen molar-refractivity contribution in [1.82, 2.24) is 10.2 Å². The molecule has 0 bridgehead atoms. The lowest BCUT2D eigenvalue weighted by atomic mass is 10.1. The monoisotopic (exact) mass is 502 g/mol. The van der Waals surface area contributed by atoms with E-state index in [0.29, 0.717) is 13.0 Å². The van der Waals surface area contributed by atoms with E-state index >= 15 is 0 Å². The number of nitrogens with one attached hydrogen (secondary N) is 1. The minimum atomic E-state index is -0.490. The Morgan fingerprint density at radius 3 is 2.42 bits per heavy atom. The molecule has 2 aromatic carbocycles. The number of carbonyl (C=O) groups is 2. The molecular formula is C25H31BrN2O2S. The first kappa shape index (κ1) is 23.9. The molecule has 1 fully saturated rings. The molecule has 4 nitrogen and oxygen atoms in total. The first-order valence-corrected chi connectivity index (χ1v) is 12.9. The number of halogens is 1. The fourth-order valence-electron chi connectivity index (χ4n) is 3.83. The number of carbonyl (C=O) groups excluding carboxylic acids is 2. The highest BCUT2D eigenvalue weighted by Crippen LogP contribution is 2.20. The smallest absolute Gasteiger partial charge is 0.242 e. The van der Waals surface area contributed by atoms with Crippen LogP contribution in [0.3, 0.4) is 0 Å². The Bertz CT molecular complexity index is 838. The van der Waals surface area contributed by atoms with Gasteiger partial charge in [-0.2, -0.15) is 11.8 Å². The zero-order valence-corrected chi connectivity index (χ0v) is 20.5. The van der Waals surface area contributed by atoms with E-state index in [0.717, 1.165) is 34.4 Å². The Kier molecular flexibility index (Phi) is 9.47. The van der Waals surface area contributed by atoms with Gasteiger partial charge in [-0.05, 0) is 43.0 Å². The Morgan fingerprint density at radius 1 is 1.06 bits per heavy atom. The van der Waals surface area contributed by atoms with E-state index in [4.69, 9.17) is 0 Å². The van der Waals surface area contributed by atoms with Crippen LogP contribution in [0.15, 0.2) is 59.1 Å². The summed E-state index contributed by atoms with van der Waals surface area (Å²) in [7, 11) is 0. The third-order valence-electron chi connectivity index (χ3n) is 5.71. The predicted molar refractivity (Wildman–Crippen MR) is 132 cm³/mol. The highest BCUT2D eigenvalue weighted by atomic mass is 79.9. The molecule has 0 aromatic heterocycles. The Morgan fingerprint density at radius 2 is 1.74 bits per heavy atom. The predicted octanol–water partition coefficient (Wildman–Crippen LogP) is 5.55. The molecule has 3 rings (SSSR count). The molecule has 6 heteroatoms. The van der Waals surface area contributed by atoms with E-state index in [2.05, 4.69) is 33.4 Å². The molecule has 0 aliphatic heterocycles. The van der Waals surface area contributed by atoms with Gasteiger partial charge in [0.1, 0.15) is 6.04 Å². The van der Waals surface area contributed by atoms with Gasteiger partial charge in [0.25, 0.3) is 0 Å². The SMILES string of the molecule is C[C@H](C(=O)NC1CCCC1)N(Cc1ccc(Br)cc1)C(=O)CCSCc1ccccc1. The van der Waals surface area contributed by atoms with Crippen molar-refractivity contribution in [2.75, 3.05) is 5.75 Å². The fourth-order valence-corrected chi connectivity index (χ4v) is 4.98. The van der Waals surface area contributed by atoms with Crippen molar-refractivity contribution in [2.24, 2.45) is 0 Å². The molecule has 1 N–H and O–H groups in total. The summed E-state index contributed by atoms with van der Waals surface area (Å²) in [4.78, 5) is 27.8. The second-order valence-corrected chi connectivity index (χ2v) is 10.1. The maximum atomic E-state index is 13.1. The lowest BCUT2D eigenvalue weighted by Crippen LogP contribution is -2.49. The molecule has 2 amide bonds. The number of rotatable bonds is 10. The molecule has 1 saturated carbocycles. The number of hydrogen-bond acceptors (Lipinski definition) is 3. The zero-order chi connectivity index (χ0) is 22.1. The lowest BCUT2D eigenvalue weighted by molar-refractivity contribution is -0.140. The summed E-state index contributed by atoms with van der Waals surface area (Å²) in [5.74, 6) is 1.60. The molecule has 1 aliphatic rings. The minimum Gasteiger partial charge on any atom is -0.352 e. The highest BCUT2D eigenvalue weighted by molar-refractivity contribution is 9.10. The normalized spacial score (nSPS) is 14.9. The van der Waals surface area contributed by atoms with Gasteiger partial charge >= 0.3 is 0 Å². The van der Waals surface area contributed by atoms with Crippen molar-refractivity contribution in [2.45, 2.75) is 63.4 Å². The number of benzene rings is 2. The van der Waals surface area contributed by atoms with Crippen molar-refractivity contribution in [3.63, 3.8) is 0 Å². The summed E-state index contributed by atoms with van der Waals surface area (Å²) in [5.41, 5.74) is 2.28. The van der Waals surface area contributed by atoms with Gasteiger partial charge < -0.3 is 10.2 Å². The van der Waals surface area contributed by atoms with Crippen LogP contribution in [0.5, 0.6) is 0 Å². The quantitative estimate of drug-likeness (QED) is 0.433. The number of thioether (sulfide) groups is 1. The lowest BCUT2D eigenvalue weighted by Gasteiger charge is -2.30. The second-order valence-electron chi connectivity index (χ2n) is 8.10. The molecule has 1 aliphatic carbocycles. The number of hydrogen-bond donors (Lipinski definition) is 1. The third kappa shape index (κ3) is 7.69. The first-order chi connectivity index (χ1) is 15.0. The second kappa shape index (κ2) is 12.3. The van der Waals surface area contributed by atoms with Crippen molar-refractivity contribution in [3.05, 3.63) is 70.2 Å². The van der Waals surface area contributed by atoms with Crippen LogP contribution in [0.1, 0.15) is 50.2 Å². The summed E-state index contributed by atoms with van der Waals surface area (Å²) in [5, 5.41) is 3.15. The fraction of sp³-hybridized carbons (Fsp3) is 0.440. The van der Waals surface area contributed by atoms with Gasteiger partial charge in [0.2, 0.25) is 11.8 Å². The van der Waals surface area contributed by atoms with Gasteiger partial charge in [-0.25, -0.2) is 0 Å². The summed E-state index contributed by atoms with van der Waals surface area (Å²) >= 11 is 5.21. The van der Waals surface area contributed by atoms with Crippen molar-refractivity contribution in [3.8, 4) is 0 Å². The standard InChI is InChI=1S/C25H31BrN2O2S/c1-19(25(30)27-23-9-5-6-10-23)28(17-20-11-13-22(26)14-12-20)24(29)15-16-31-18-21-7-3-2-4-8-21/h2-4,7-8,11-14,19,23H,5-6,9-10,15-18H2,1H3,(H,27,30)/t19-/m1/s1. The van der Waals surface area contributed by atoms with Gasteiger partial charge in [-0.15, -0.1) is 0 Å². The first-order valence-electron chi connectivity index (χ1n) is 11.0. The Balaban J connectivity index is 1.59. The van der Waals surface area contributed by atoms with E-state index in [-0.39, 0.29) is 17.9 Å². The maximum absolute atomic E-state index is 13.1. The van der Waals surface area contributed by atoms with Crippen LogP contribution in [0.4, 0.5) is 0 Å². The molecule has 0 saturated heterocycles. The van der Waals surface area contributed by atoms with Crippen LogP contribution in [0, 0.1) is 0 Å². The van der Waals surface area contributed by atoms with Crippen LogP contribution in [-0.2, 0) is 21.9 Å². The van der Waals surface area contributed by atoms with E-state index in [1.54, 1.807) is 16.7 Å². The zero-order valence-electron chi connectivity index (χ0n) is 18.1. The van der Waals surface area contributed by atoms with Gasteiger partial charge in [-0.3, -0.25) is 9.59 Å². The van der Waals surface area contributed by atoms with Crippen molar-refractivity contribution >= 4 is 39.5 Å². The molecule has 166 valence electrons. The molecule has 0 unspecified atom stereocenters. The van der Waals surface area contributed by atoms with E-state index < -0.39 is 6.04 Å². The van der Waals surface area contributed by atoms with Crippen molar-refractivity contribution in [1.29, 1.82) is 0 Å². The van der Waals surface area contributed by atoms with E-state index in [9.17, 15) is 9.59 Å². The topological polar surface area (TPSA) is 49.4 Å². The highest BCUT2D eigenvalue weighted by Gasteiger charge is 2.28. The summed E-state index contributed by atoms with van der Waals surface area (Å²) in [6.07, 6.45) is 4.83. The van der Waals surface area contributed by atoms with Gasteiger partial charge in [-0.1, -0.05) is 71.2 Å². The van der Waals surface area contributed by atoms with Crippen LogP contribution < -0.4 is 5.32 Å². The third-order valence-corrected chi connectivity index (χ3v) is 7.27. The maximum Gasteiger partial charge on any atom is 0.242 e. The van der Waals surface area contributed by atoms with Gasteiger partial charge in [0, 0.05) is 35.0 Å². The van der Waals surface area contributed by atoms with Crippen LogP contribution >= 0.6 is 27.7 Å². The van der Waals surface area contributed by atoms with Crippen LogP contribution in [0.2, 0.25) is 0 Å². The molecule has 2 aromatic rings. The largest absolute Gasteiger partial charge is 0.352 e. The summed E-state index contributed by atoms with van der Waals surface area (Å²) in [6, 6.07) is 18.0.